The molecule has 1 unspecified atom stereocenters. The second kappa shape index (κ2) is 5.52. The van der Waals surface area contributed by atoms with Crippen molar-refractivity contribution in [2.75, 3.05) is 6.54 Å². The van der Waals surface area contributed by atoms with E-state index in [-0.39, 0.29) is 0 Å². The average molecular weight is 211 g/mol. The van der Waals surface area contributed by atoms with E-state index in [0.717, 1.165) is 6.54 Å². The Labute approximate surface area is 91.5 Å². The van der Waals surface area contributed by atoms with Gasteiger partial charge < -0.3 is 5.32 Å². The molecule has 0 saturated carbocycles. The third kappa shape index (κ3) is 3.81. The van der Waals surface area contributed by atoms with Crippen LogP contribution in [0.3, 0.4) is 0 Å². The molecule has 0 radical (unpaired) electrons. The quantitative estimate of drug-likeness (QED) is 0.785. The molecule has 0 aliphatic heterocycles. The Bertz CT molecular complexity index is 265. The number of nitrogens with one attached hydrogen (secondary N) is 1. The van der Waals surface area contributed by atoms with Gasteiger partial charge in [0, 0.05) is 10.9 Å². The van der Waals surface area contributed by atoms with Gasteiger partial charge in [-0.3, -0.25) is 0 Å². The van der Waals surface area contributed by atoms with E-state index >= 15 is 0 Å². The van der Waals surface area contributed by atoms with Gasteiger partial charge in [0.05, 0.1) is 0 Å². The van der Waals surface area contributed by atoms with Gasteiger partial charge in [0.1, 0.15) is 0 Å². The monoisotopic (exact) mass is 211 g/mol. The number of aryl methyl sites for hydroxylation is 1. The number of rotatable bonds is 5. The fourth-order valence-corrected chi connectivity index (χ4v) is 2.30. The van der Waals surface area contributed by atoms with Crippen LogP contribution in [0.2, 0.25) is 0 Å². The molecule has 1 aromatic heterocycles. The molecule has 14 heavy (non-hydrogen) atoms. The lowest BCUT2D eigenvalue weighted by atomic mass is 10.0. The van der Waals surface area contributed by atoms with Crippen molar-refractivity contribution >= 4 is 11.3 Å². The molecular formula is C12H21NS. The molecular weight excluding hydrogens is 190 g/mol. The van der Waals surface area contributed by atoms with E-state index in [1.807, 2.05) is 11.3 Å². The first kappa shape index (κ1) is 11.7. The second-order valence-corrected chi connectivity index (χ2v) is 5.40. The van der Waals surface area contributed by atoms with Gasteiger partial charge in [0.2, 0.25) is 0 Å². The molecule has 1 nitrogen and oxygen atoms in total. The molecule has 80 valence electrons. The summed E-state index contributed by atoms with van der Waals surface area (Å²) < 4.78 is 0. The maximum atomic E-state index is 3.46. The van der Waals surface area contributed by atoms with Crippen LogP contribution in [-0.2, 0) is 0 Å². The van der Waals surface area contributed by atoms with Gasteiger partial charge in [-0.25, -0.2) is 0 Å². The predicted octanol–water partition coefficient (Wildman–Crippen LogP) is 3.55. The fraction of sp³-hybridized carbons (Fsp3) is 0.667. The lowest BCUT2D eigenvalue weighted by molar-refractivity contribution is 0.541. The molecule has 0 fully saturated rings. The van der Waals surface area contributed by atoms with Crippen molar-refractivity contribution in [2.45, 2.75) is 46.1 Å². The van der Waals surface area contributed by atoms with E-state index in [2.05, 4.69) is 44.5 Å². The number of thiophene rings is 1. The molecule has 0 aliphatic rings. The Morgan fingerprint density at radius 1 is 1.36 bits per heavy atom. The minimum atomic E-state index is 0.603. The van der Waals surface area contributed by atoms with Crippen molar-refractivity contribution in [2.24, 2.45) is 0 Å². The summed E-state index contributed by atoms with van der Waals surface area (Å²) in [6.45, 7) is 9.99. The molecule has 0 spiro atoms. The van der Waals surface area contributed by atoms with Crippen LogP contribution >= 0.6 is 11.3 Å². The molecule has 1 heterocycles. The van der Waals surface area contributed by atoms with Crippen LogP contribution in [0.1, 0.15) is 43.6 Å². The number of hydrogen-bond donors (Lipinski definition) is 1. The molecule has 0 bridgehead atoms. The molecule has 0 aromatic carbocycles. The highest BCUT2D eigenvalue weighted by Gasteiger charge is 2.06. The zero-order chi connectivity index (χ0) is 10.6. The molecule has 1 rings (SSSR count). The first-order valence-electron chi connectivity index (χ1n) is 5.38. The minimum Gasteiger partial charge on any atom is -0.315 e. The third-order valence-corrected chi connectivity index (χ3v) is 3.33. The maximum absolute atomic E-state index is 3.46. The summed E-state index contributed by atoms with van der Waals surface area (Å²) in [5.74, 6) is 0.686. The summed E-state index contributed by atoms with van der Waals surface area (Å²) in [5.41, 5.74) is 1.50. The molecule has 0 amide bonds. The highest BCUT2D eigenvalue weighted by Crippen LogP contribution is 2.23. The summed E-state index contributed by atoms with van der Waals surface area (Å²) in [7, 11) is 0. The van der Waals surface area contributed by atoms with Gasteiger partial charge in [-0.1, -0.05) is 20.8 Å². The molecule has 2 heteroatoms. The van der Waals surface area contributed by atoms with Crippen molar-refractivity contribution < 1.29 is 0 Å². The van der Waals surface area contributed by atoms with Crippen molar-refractivity contribution in [3.63, 3.8) is 0 Å². The Hall–Kier alpha value is -0.340. The van der Waals surface area contributed by atoms with Crippen molar-refractivity contribution in [1.29, 1.82) is 0 Å². The van der Waals surface area contributed by atoms with E-state index in [4.69, 9.17) is 0 Å². The van der Waals surface area contributed by atoms with Gasteiger partial charge in [-0.15, -0.1) is 11.3 Å². The lowest BCUT2D eigenvalue weighted by Crippen LogP contribution is -2.24. The van der Waals surface area contributed by atoms with Crippen molar-refractivity contribution in [3.8, 4) is 0 Å². The highest BCUT2D eigenvalue weighted by molar-refractivity contribution is 7.10. The van der Waals surface area contributed by atoms with Crippen LogP contribution in [0, 0.1) is 6.92 Å². The van der Waals surface area contributed by atoms with E-state index in [0.29, 0.717) is 12.0 Å². The molecule has 1 atom stereocenters. The molecule has 0 saturated heterocycles. The van der Waals surface area contributed by atoms with E-state index in [9.17, 15) is 0 Å². The normalized spacial score (nSPS) is 13.5. The SMILES string of the molecule is Cc1cc(C(C)CCNC(C)C)cs1. The Morgan fingerprint density at radius 2 is 2.07 bits per heavy atom. The van der Waals surface area contributed by atoms with Crippen LogP contribution < -0.4 is 5.32 Å². The second-order valence-electron chi connectivity index (χ2n) is 4.29. The van der Waals surface area contributed by atoms with Crippen LogP contribution in [0.5, 0.6) is 0 Å². The van der Waals surface area contributed by atoms with Gasteiger partial charge >= 0.3 is 0 Å². The largest absolute Gasteiger partial charge is 0.315 e. The Morgan fingerprint density at radius 3 is 2.57 bits per heavy atom. The molecule has 1 N–H and O–H groups in total. The molecule has 1 aromatic rings. The van der Waals surface area contributed by atoms with Crippen LogP contribution in [0.15, 0.2) is 11.4 Å². The number of hydrogen-bond acceptors (Lipinski definition) is 2. The summed E-state index contributed by atoms with van der Waals surface area (Å²) in [6, 6.07) is 2.91. The third-order valence-electron chi connectivity index (χ3n) is 2.45. The van der Waals surface area contributed by atoms with Gasteiger partial charge in [-0.2, -0.15) is 0 Å². The summed E-state index contributed by atoms with van der Waals surface area (Å²) >= 11 is 1.85. The zero-order valence-electron chi connectivity index (χ0n) is 9.63. The summed E-state index contributed by atoms with van der Waals surface area (Å²) in [6.07, 6.45) is 1.23. The summed E-state index contributed by atoms with van der Waals surface area (Å²) in [5, 5.41) is 5.74. The highest BCUT2D eigenvalue weighted by atomic mass is 32.1. The standard InChI is InChI=1S/C12H21NS/c1-9(2)13-6-5-10(3)12-7-11(4)14-8-12/h7-10,13H,5-6H2,1-4H3. The summed E-state index contributed by atoms with van der Waals surface area (Å²) in [4.78, 5) is 1.42. The van der Waals surface area contributed by atoms with Gasteiger partial charge in [0.25, 0.3) is 0 Å². The maximum Gasteiger partial charge on any atom is 0.00171 e. The topological polar surface area (TPSA) is 12.0 Å². The zero-order valence-corrected chi connectivity index (χ0v) is 10.4. The first-order chi connectivity index (χ1) is 6.59. The van der Waals surface area contributed by atoms with Crippen molar-refractivity contribution in [1.82, 2.24) is 5.32 Å². The van der Waals surface area contributed by atoms with Gasteiger partial charge in [-0.05, 0) is 42.8 Å². The average Bonchev–Trinajstić information content (AvgIpc) is 2.51. The van der Waals surface area contributed by atoms with Crippen LogP contribution in [-0.4, -0.2) is 12.6 Å². The van der Waals surface area contributed by atoms with E-state index < -0.39 is 0 Å². The Kier molecular flexibility index (Phi) is 4.63. The first-order valence-corrected chi connectivity index (χ1v) is 6.26. The van der Waals surface area contributed by atoms with E-state index in [1.165, 1.54) is 16.9 Å². The molecule has 0 aliphatic carbocycles. The van der Waals surface area contributed by atoms with Crippen LogP contribution in [0.25, 0.3) is 0 Å². The lowest BCUT2D eigenvalue weighted by Gasteiger charge is -2.12. The van der Waals surface area contributed by atoms with Gasteiger partial charge in [0.15, 0.2) is 0 Å². The smallest absolute Gasteiger partial charge is 0.00171 e. The fourth-order valence-electron chi connectivity index (χ4n) is 1.48. The van der Waals surface area contributed by atoms with Crippen molar-refractivity contribution in [3.05, 3.63) is 21.9 Å². The van der Waals surface area contributed by atoms with Crippen LogP contribution in [0.4, 0.5) is 0 Å². The Balaban J connectivity index is 2.32. The minimum absolute atomic E-state index is 0.603. The predicted molar refractivity (Wildman–Crippen MR) is 65.2 cm³/mol. The van der Waals surface area contributed by atoms with E-state index in [1.54, 1.807) is 0 Å².